The van der Waals surface area contributed by atoms with Gasteiger partial charge in [0, 0.05) is 27.8 Å². The monoisotopic (exact) mass is 323 g/mol. The van der Waals surface area contributed by atoms with Crippen molar-refractivity contribution in [3.63, 3.8) is 0 Å². The van der Waals surface area contributed by atoms with Gasteiger partial charge in [0.2, 0.25) is 0 Å². The molecule has 0 amide bonds. The van der Waals surface area contributed by atoms with Crippen LogP contribution in [0.15, 0.2) is 36.4 Å². The molecule has 2 aromatic rings. The zero-order chi connectivity index (χ0) is 14.8. The largest absolute Gasteiger partial charge is 0.486 e. The van der Waals surface area contributed by atoms with Gasteiger partial charge in [-0.25, -0.2) is 0 Å². The first-order valence-electron chi connectivity index (χ1n) is 6.74. The first-order valence-corrected chi connectivity index (χ1v) is 7.50. The summed E-state index contributed by atoms with van der Waals surface area (Å²) in [5.41, 5.74) is 1.95. The summed E-state index contributed by atoms with van der Waals surface area (Å²) in [5, 5.41) is 4.69. The summed E-state index contributed by atoms with van der Waals surface area (Å²) in [6.45, 7) is 3.22. The third kappa shape index (κ3) is 3.20. The van der Waals surface area contributed by atoms with Crippen molar-refractivity contribution in [1.82, 2.24) is 0 Å². The van der Waals surface area contributed by atoms with Crippen molar-refractivity contribution in [2.24, 2.45) is 0 Å². The number of hydrogen-bond donors (Lipinski definition) is 1. The molecular weight excluding hydrogens is 309 g/mol. The van der Waals surface area contributed by atoms with Crippen LogP contribution in [0.3, 0.4) is 0 Å². The van der Waals surface area contributed by atoms with Crippen molar-refractivity contribution >= 4 is 28.9 Å². The van der Waals surface area contributed by atoms with Gasteiger partial charge in [-0.3, -0.25) is 0 Å². The van der Waals surface area contributed by atoms with Gasteiger partial charge in [0.15, 0.2) is 11.5 Å². The molecule has 1 N–H and O–H groups in total. The number of rotatable bonds is 3. The fraction of sp³-hybridized carbons (Fsp3) is 0.250. The van der Waals surface area contributed by atoms with Gasteiger partial charge in [-0.05, 0) is 36.8 Å². The molecule has 1 aliphatic rings. The van der Waals surface area contributed by atoms with E-state index < -0.39 is 0 Å². The maximum Gasteiger partial charge on any atom is 0.163 e. The van der Waals surface area contributed by atoms with E-state index in [1.165, 1.54) is 0 Å². The first kappa shape index (κ1) is 14.4. The van der Waals surface area contributed by atoms with E-state index in [0.29, 0.717) is 23.3 Å². The van der Waals surface area contributed by atoms with Crippen LogP contribution in [0.25, 0.3) is 0 Å². The minimum Gasteiger partial charge on any atom is -0.486 e. The Labute approximate surface area is 133 Å². The van der Waals surface area contributed by atoms with E-state index in [-0.39, 0.29) is 6.04 Å². The highest BCUT2D eigenvalue weighted by Crippen LogP contribution is 2.34. The Morgan fingerprint density at radius 1 is 1.00 bits per heavy atom. The fourth-order valence-corrected chi connectivity index (χ4v) is 2.89. The second kappa shape index (κ2) is 6.04. The Bertz CT molecular complexity index is 661. The van der Waals surface area contributed by atoms with E-state index in [0.717, 1.165) is 22.7 Å². The van der Waals surface area contributed by atoms with Crippen LogP contribution in [0.1, 0.15) is 18.5 Å². The quantitative estimate of drug-likeness (QED) is 0.868. The fourth-order valence-electron chi connectivity index (χ4n) is 2.31. The number of ether oxygens (including phenoxy) is 2. The van der Waals surface area contributed by atoms with Crippen molar-refractivity contribution in [1.29, 1.82) is 0 Å². The highest BCUT2D eigenvalue weighted by atomic mass is 35.5. The van der Waals surface area contributed by atoms with E-state index >= 15 is 0 Å². The Balaban J connectivity index is 1.79. The lowest BCUT2D eigenvalue weighted by atomic mass is 10.1. The predicted octanol–water partition coefficient (Wildman–Crippen LogP) is 4.94. The molecular formula is C16H15Cl2NO2. The average molecular weight is 324 g/mol. The summed E-state index contributed by atoms with van der Waals surface area (Å²) in [6.07, 6.45) is 0. The summed E-state index contributed by atoms with van der Waals surface area (Å²) < 4.78 is 11.1. The molecule has 21 heavy (non-hydrogen) atoms. The summed E-state index contributed by atoms with van der Waals surface area (Å²) in [5.74, 6) is 1.55. The number of hydrogen-bond acceptors (Lipinski definition) is 3. The second-order valence-electron chi connectivity index (χ2n) is 4.89. The van der Waals surface area contributed by atoms with E-state index in [1.807, 2.05) is 37.3 Å². The average Bonchev–Trinajstić information content (AvgIpc) is 2.47. The third-order valence-corrected chi connectivity index (χ3v) is 3.92. The lowest BCUT2D eigenvalue weighted by Gasteiger charge is -2.21. The minimum atomic E-state index is 0.0531. The Morgan fingerprint density at radius 2 is 1.76 bits per heavy atom. The van der Waals surface area contributed by atoms with Crippen molar-refractivity contribution in [3.05, 3.63) is 52.0 Å². The molecule has 0 aromatic heterocycles. The molecule has 0 aliphatic carbocycles. The summed E-state index contributed by atoms with van der Waals surface area (Å²) in [6, 6.07) is 11.4. The highest BCUT2D eigenvalue weighted by molar-refractivity contribution is 6.35. The molecule has 0 bridgehead atoms. The van der Waals surface area contributed by atoms with Gasteiger partial charge in [-0.2, -0.15) is 0 Å². The first-order chi connectivity index (χ1) is 10.1. The van der Waals surface area contributed by atoms with Crippen molar-refractivity contribution in [2.75, 3.05) is 18.5 Å². The topological polar surface area (TPSA) is 30.5 Å². The standard InChI is InChI=1S/C16H15Cl2NO2/c1-10(13-4-2-11(17)8-14(13)18)19-12-3-5-15-16(9-12)21-7-6-20-15/h2-5,8-10,19H,6-7H2,1H3. The molecule has 2 aromatic carbocycles. The number of fused-ring (bicyclic) bond motifs is 1. The lowest BCUT2D eigenvalue weighted by molar-refractivity contribution is 0.171. The van der Waals surface area contributed by atoms with Crippen molar-refractivity contribution < 1.29 is 9.47 Å². The second-order valence-corrected chi connectivity index (χ2v) is 5.73. The zero-order valence-corrected chi connectivity index (χ0v) is 13.0. The lowest BCUT2D eigenvalue weighted by Crippen LogP contribution is -2.15. The molecule has 110 valence electrons. The van der Waals surface area contributed by atoms with Crippen LogP contribution in [0.5, 0.6) is 11.5 Å². The molecule has 1 atom stereocenters. The van der Waals surface area contributed by atoms with Crippen molar-refractivity contribution in [2.45, 2.75) is 13.0 Å². The number of nitrogens with one attached hydrogen (secondary N) is 1. The van der Waals surface area contributed by atoms with Gasteiger partial charge in [0.05, 0.1) is 0 Å². The van der Waals surface area contributed by atoms with Gasteiger partial charge in [-0.15, -0.1) is 0 Å². The van der Waals surface area contributed by atoms with Gasteiger partial charge in [0.25, 0.3) is 0 Å². The van der Waals surface area contributed by atoms with Crippen LogP contribution in [-0.2, 0) is 0 Å². The van der Waals surface area contributed by atoms with Crippen LogP contribution in [0.4, 0.5) is 5.69 Å². The van der Waals surface area contributed by atoms with E-state index in [9.17, 15) is 0 Å². The van der Waals surface area contributed by atoms with Gasteiger partial charge < -0.3 is 14.8 Å². The van der Waals surface area contributed by atoms with Gasteiger partial charge in [-0.1, -0.05) is 29.3 Å². The molecule has 3 rings (SSSR count). The summed E-state index contributed by atoms with van der Waals surface area (Å²) >= 11 is 12.2. The molecule has 1 heterocycles. The van der Waals surface area contributed by atoms with Crippen LogP contribution < -0.4 is 14.8 Å². The summed E-state index contributed by atoms with van der Waals surface area (Å²) in [7, 11) is 0. The summed E-state index contributed by atoms with van der Waals surface area (Å²) in [4.78, 5) is 0. The smallest absolute Gasteiger partial charge is 0.163 e. The Morgan fingerprint density at radius 3 is 2.52 bits per heavy atom. The van der Waals surface area contributed by atoms with Crippen molar-refractivity contribution in [3.8, 4) is 11.5 Å². The third-order valence-electron chi connectivity index (χ3n) is 3.35. The van der Waals surface area contributed by atoms with Crippen LogP contribution in [-0.4, -0.2) is 13.2 Å². The molecule has 1 unspecified atom stereocenters. The number of halogens is 2. The Kier molecular flexibility index (Phi) is 4.13. The minimum absolute atomic E-state index is 0.0531. The van der Waals surface area contributed by atoms with E-state index in [2.05, 4.69) is 5.32 Å². The van der Waals surface area contributed by atoms with E-state index in [4.69, 9.17) is 32.7 Å². The number of benzene rings is 2. The molecule has 0 saturated carbocycles. The molecule has 1 aliphatic heterocycles. The van der Waals surface area contributed by atoms with Gasteiger partial charge >= 0.3 is 0 Å². The maximum absolute atomic E-state index is 6.24. The molecule has 5 heteroatoms. The number of anilines is 1. The molecule has 0 spiro atoms. The zero-order valence-electron chi connectivity index (χ0n) is 11.5. The molecule has 3 nitrogen and oxygen atoms in total. The molecule has 0 saturated heterocycles. The van der Waals surface area contributed by atoms with Crippen LogP contribution in [0.2, 0.25) is 10.0 Å². The normalized spacial score (nSPS) is 14.6. The molecule has 0 radical (unpaired) electrons. The SMILES string of the molecule is CC(Nc1ccc2c(c1)OCCO2)c1ccc(Cl)cc1Cl. The van der Waals surface area contributed by atoms with Crippen LogP contribution >= 0.6 is 23.2 Å². The van der Waals surface area contributed by atoms with Gasteiger partial charge in [0.1, 0.15) is 13.2 Å². The maximum atomic E-state index is 6.24. The van der Waals surface area contributed by atoms with E-state index in [1.54, 1.807) is 6.07 Å². The van der Waals surface area contributed by atoms with Crippen LogP contribution in [0, 0.1) is 0 Å². The highest BCUT2D eigenvalue weighted by Gasteiger charge is 2.14. The molecule has 0 fully saturated rings. The Hall–Kier alpha value is -1.58. The predicted molar refractivity (Wildman–Crippen MR) is 85.9 cm³/mol.